The normalized spacial score (nSPS) is 11.1. The summed E-state index contributed by atoms with van der Waals surface area (Å²) in [6, 6.07) is 11.6. The molecule has 0 aliphatic carbocycles. The third-order valence-corrected chi connectivity index (χ3v) is 4.48. The summed E-state index contributed by atoms with van der Waals surface area (Å²) in [5.41, 5.74) is 1.41. The summed E-state index contributed by atoms with van der Waals surface area (Å²) in [4.78, 5) is 15.8. The van der Waals surface area contributed by atoms with Crippen LogP contribution in [0.3, 0.4) is 0 Å². The zero-order valence-corrected chi connectivity index (χ0v) is 15.1. The van der Waals surface area contributed by atoms with Crippen LogP contribution in [0.2, 0.25) is 0 Å². The molecular formula is C19H10BrF2N3O2. The van der Waals surface area contributed by atoms with Gasteiger partial charge in [0.15, 0.2) is 11.3 Å². The molecule has 27 heavy (non-hydrogen) atoms. The van der Waals surface area contributed by atoms with Gasteiger partial charge in [-0.25, -0.2) is 23.1 Å². The average molecular weight is 430 g/mol. The molecule has 0 bridgehead atoms. The van der Waals surface area contributed by atoms with Crippen LogP contribution in [-0.2, 0) is 0 Å². The number of carbonyl (C=O) groups is 1. The second kappa shape index (κ2) is 6.55. The number of hydrogen-bond donors (Lipinski definition) is 1. The number of benzene rings is 2. The van der Waals surface area contributed by atoms with Gasteiger partial charge in [0.2, 0.25) is 0 Å². The van der Waals surface area contributed by atoms with Crippen molar-refractivity contribution in [1.82, 2.24) is 14.6 Å². The van der Waals surface area contributed by atoms with Crippen molar-refractivity contribution in [2.45, 2.75) is 0 Å². The van der Waals surface area contributed by atoms with Crippen LogP contribution in [0.5, 0.6) is 0 Å². The van der Waals surface area contributed by atoms with Crippen LogP contribution >= 0.6 is 15.9 Å². The van der Waals surface area contributed by atoms with Gasteiger partial charge >= 0.3 is 5.97 Å². The van der Waals surface area contributed by atoms with Gasteiger partial charge in [0.25, 0.3) is 0 Å². The lowest BCUT2D eigenvalue weighted by Gasteiger charge is -2.05. The number of nitrogens with zero attached hydrogens (tertiary/aromatic N) is 3. The fourth-order valence-electron chi connectivity index (χ4n) is 2.78. The van der Waals surface area contributed by atoms with Crippen LogP contribution in [0.4, 0.5) is 8.78 Å². The van der Waals surface area contributed by atoms with E-state index in [9.17, 15) is 18.7 Å². The quantitative estimate of drug-likeness (QED) is 0.507. The van der Waals surface area contributed by atoms with Crippen LogP contribution in [0.15, 0.2) is 59.2 Å². The van der Waals surface area contributed by atoms with Crippen molar-refractivity contribution in [3.8, 4) is 22.4 Å². The highest BCUT2D eigenvalue weighted by Crippen LogP contribution is 2.30. The van der Waals surface area contributed by atoms with Crippen molar-refractivity contribution in [2.24, 2.45) is 0 Å². The summed E-state index contributed by atoms with van der Waals surface area (Å²) in [6.45, 7) is 0. The van der Waals surface area contributed by atoms with Crippen molar-refractivity contribution < 1.29 is 18.7 Å². The lowest BCUT2D eigenvalue weighted by molar-refractivity contribution is 0.0689. The Morgan fingerprint density at radius 1 is 1.07 bits per heavy atom. The van der Waals surface area contributed by atoms with Crippen molar-refractivity contribution in [2.75, 3.05) is 0 Å². The predicted molar refractivity (Wildman–Crippen MR) is 98.4 cm³/mol. The first-order valence-corrected chi connectivity index (χ1v) is 8.57. The van der Waals surface area contributed by atoms with Gasteiger partial charge in [-0.15, -0.1) is 0 Å². The van der Waals surface area contributed by atoms with Gasteiger partial charge in [-0.2, -0.15) is 5.10 Å². The van der Waals surface area contributed by atoms with Gasteiger partial charge in [0.1, 0.15) is 11.6 Å². The SMILES string of the molecule is O=C(O)c1cc(-c2cccc(F)c2)c2nc(-c3ccc(Br)cc3F)cn2n1. The lowest BCUT2D eigenvalue weighted by Crippen LogP contribution is -2.05. The highest BCUT2D eigenvalue weighted by molar-refractivity contribution is 9.10. The van der Waals surface area contributed by atoms with Crippen LogP contribution in [0.25, 0.3) is 28.0 Å². The summed E-state index contributed by atoms with van der Waals surface area (Å²) in [5, 5.41) is 13.3. The molecule has 0 aliphatic rings. The Bertz CT molecular complexity index is 1210. The molecule has 1 N–H and O–H groups in total. The van der Waals surface area contributed by atoms with Crippen molar-refractivity contribution in [1.29, 1.82) is 0 Å². The van der Waals surface area contributed by atoms with E-state index in [1.165, 1.54) is 41.0 Å². The largest absolute Gasteiger partial charge is 0.476 e. The first kappa shape index (κ1) is 17.3. The fraction of sp³-hybridized carbons (Fsp3) is 0. The van der Waals surface area contributed by atoms with E-state index < -0.39 is 17.6 Å². The average Bonchev–Trinajstić information content (AvgIpc) is 3.04. The minimum absolute atomic E-state index is 0.234. The molecule has 0 aliphatic heterocycles. The molecule has 0 spiro atoms. The molecule has 134 valence electrons. The third kappa shape index (κ3) is 3.19. The zero-order chi connectivity index (χ0) is 19.1. The molecule has 8 heteroatoms. The number of imidazole rings is 1. The number of halogens is 3. The van der Waals surface area contributed by atoms with E-state index in [1.54, 1.807) is 18.2 Å². The Morgan fingerprint density at radius 3 is 2.59 bits per heavy atom. The van der Waals surface area contributed by atoms with E-state index >= 15 is 0 Å². The molecule has 0 unspecified atom stereocenters. The number of hydrogen-bond acceptors (Lipinski definition) is 3. The van der Waals surface area contributed by atoms with E-state index in [1.807, 2.05) is 0 Å². The van der Waals surface area contributed by atoms with Crippen LogP contribution in [0.1, 0.15) is 10.5 Å². The molecule has 0 radical (unpaired) electrons. The van der Waals surface area contributed by atoms with E-state index in [2.05, 4.69) is 26.0 Å². The van der Waals surface area contributed by atoms with E-state index in [-0.39, 0.29) is 17.0 Å². The standard InChI is InChI=1S/C19H10BrF2N3O2/c20-11-4-5-13(15(22)7-11)17-9-25-18(23-17)14(8-16(24-25)19(26)27)10-2-1-3-12(21)6-10/h1-9H,(H,26,27). The Hall–Kier alpha value is -3.13. The number of rotatable bonds is 3. The second-order valence-corrected chi connectivity index (χ2v) is 6.69. The molecule has 0 saturated carbocycles. The summed E-state index contributed by atoms with van der Waals surface area (Å²) in [7, 11) is 0. The number of carboxylic acid groups (broad SMARTS) is 1. The second-order valence-electron chi connectivity index (χ2n) is 5.78. The molecule has 4 rings (SSSR count). The zero-order valence-electron chi connectivity index (χ0n) is 13.5. The van der Waals surface area contributed by atoms with E-state index in [0.717, 1.165) is 0 Å². The maximum Gasteiger partial charge on any atom is 0.356 e. The van der Waals surface area contributed by atoms with Crippen LogP contribution < -0.4 is 0 Å². The first-order valence-electron chi connectivity index (χ1n) is 7.77. The molecule has 0 atom stereocenters. The van der Waals surface area contributed by atoms with Gasteiger partial charge in [-0.05, 0) is 42.0 Å². The Labute approximate surface area is 160 Å². The molecule has 2 aromatic carbocycles. The fourth-order valence-corrected chi connectivity index (χ4v) is 3.11. The monoisotopic (exact) mass is 429 g/mol. The van der Waals surface area contributed by atoms with Gasteiger partial charge in [0, 0.05) is 15.6 Å². The topological polar surface area (TPSA) is 67.5 Å². The van der Waals surface area contributed by atoms with Crippen molar-refractivity contribution >= 4 is 27.5 Å². The maximum absolute atomic E-state index is 14.3. The molecule has 0 fully saturated rings. The number of aromatic nitrogens is 3. The van der Waals surface area contributed by atoms with Crippen LogP contribution in [-0.4, -0.2) is 25.7 Å². The number of carboxylic acids is 1. The minimum Gasteiger partial charge on any atom is -0.476 e. The molecule has 2 aromatic heterocycles. The van der Waals surface area contributed by atoms with E-state index in [4.69, 9.17) is 0 Å². The summed E-state index contributed by atoms with van der Waals surface area (Å²) < 4.78 is 29.8. The van der Waals surface area contributed by atoms with Gasteiger partial charge < -0.3 is 5.11 Å². The van der Waals surface area contributed by atoms with Gasteiger partial charge in [0.05, 0.1) is 11.9 Å². The molecular weight excluding hydrogens is 420 g/mol. The summed E-state index contributed by atoms with van der Waals surface area (Å²) in [5.74, 6) is -2.19. The first-order chi connectivity index (χ1) is 12.9. The summed E-state index contributed by atoms with van der Waals surface area (Å²) >= 11 is 3.20. The Morgan fingerprint density at radius 2 is 1.89 bits per heavy atom. The number of aromatic carboxylic acids is 1. The highest BCUT2D eigenvalue weighted by Gasteiger charge is 2.17. The van der Waals surface area contributed by atoms with E-state index in [0.29, 0.717) is 21.2 Å². The molecule has 4 aromatic rings. The Balaban J connectivity index is 1.99. The molecule has 0 amide bonds. The minimum atomic E-state index is -1.24. The van der Waals surface area contributed by atoms with Gasteiger partial charge in [-0.1, -0.05) is 28.1 Å². The van der Waals surface area contributed by atoms with Crippen molar-refractivity contribution in [3.05, 3.63) is 76.5 Å². The lowest BCUT2D eigenvalue weighted by atomic mass is 10.1. The summed E-state index contributed by atoms with van der Waals surface area (Å²) in [6.07, 6.45) is 1.44. The van der Waals surface area contributed by atoms with Crippen molar-refractivity contribution in [3.63, 3.8) is 0 Å². The highest BCUT2D eigenvalue weighted by atomic mass is 79.9. The molecule has 2 heterocycles. The van der Waals surface area contributed by atoms with Crippen LogP contribution in [0, 0.1) is 11.6 Å². The predicted octanol–water partition coefficient (Wildman–Crippen LogP) is 4.80. The molecule has 0 saturated heterocycles. The maximum atomic E-state index is 14.3. The Kier molecular flexibility index (Phi) is 4.19. The van der Waals surface area contributed by atoms with Gasteiger partial charge in [-0.3, -0.25) is 0 Å². The smallest absolute Gasteiger partial charge is 0.356 e. The third-order valence-electron chi connectivity index (χ3n) is 3.99. The molecule has 5 nitrogen and oxygen atoms in total. The number of fused-ring (bicyclic) bond motifs is 1.